The van der Waals surface area contributed by atoms with Crippen LogP contribution < -0.4 is 0 Å². The van der Waals surface area contributed by atoms with Crippen LogP contribution in [-0.4, -0.2) is 50.3 Å². The van der Waals surface area contributed by atoms with Gasteiger partial charge in [-0.05, 0) is 64.2 Å². The Bertz CT molecular complexity index is 678. The summed E-state index contributed by atoms with van der Waals surface area (Å²) in [5.41, 5.74) is -1.91. The Hall–Kier alpha value is -2.12. The number of hydrogen-bond donors (Lipinski definition) is 1. The Kier molecular flexibility index (Phi) is 5.43. The summed E-state index contributed by atoms with van der Waals surface area (Å²) in [5.74, 6) is -1.30. The van der Waals surface area contributed by atoms with Crippen molar-refractivity contribution in [3.8, 4) is 0 Å². The summed E-state index contributed by atoms with van der Waals surface area (Å²) in [7, 11) is 4.19. The summed E-state index contributed by atoms with van der Waals surface area (Å²) < 4.78 is 14.4. The van der Waals surface area contributed by atoms with E-state index in [4.69, 9.17) is 19.3 Å². The van der Waals surface area contributed by atoms with Crippen molar-refractivity contribution in [1.29, 1.82) is 0 Å². The van der Waals surface area contributed by atoms with Gasteiger partial charge in [-0.1, -0.05) is 0 Å². The Balaban J connectivity index is 0.000000166. The Morgan fingerprint density at radius 3 is 1.00 bits per heavy atom. The molecule has 4 aliphatic rings. The van der Waals surface area contributed by atoms with Gasteiger partial charge in [0.2, 0.25) is 0 Å². The fourth-order valence-corrected chi connectivity index (χ4v) is 6.18. The molecule has 8 heteroatoms. The maximum Gasteiger partial charge on any atom is 0.311 e. The van der Waals surface area contributed by atoms with E-state index in [-0.39, 0.29) is 17.9 Å². The van der Waals surface area contributed by atoms with Gasteiger partial charge in [-0.2, -0.15) is 0 Å². The van der Waals surface area contributed by atoms with Crippen LogP contribution in [0.25, 0.3) is 0 Å². The first-order valence-corrected chi connectivity index (χ1v) is 10.1. The van der Waals surface area contributed by atoms with Crippen LogP contribution in [0.5, 0.6) is 0 Å². The second-order valence-corrected chi connectivity index (χ2v) is 9.25. The van der Waals surface area contributed by atoms with E-state index >= 15 is 0 Å². The molecule has 0 spiro atoms. The number of rotatable bonds is 4. The van der Waals surface area contributed by atoms with E-state index in [1.54, 1.807) is 0 Å². The van der Waals surface area contributed by atoms with Crippen molar-refractivity contribution >= 4 is 23.9 Å². The standard InChI is InChI=1S/C11H16O4.C10H14O4/c1-14-8(12)10-3-5-11(7-10,6-4-10)9(13)15-2;1-14-8(13)10-4-2-9(6-10,3-5-10)7(11)12/h3-7H2,1-2H3;2-6H2,1H3,(H,11,12). The molecule has 4 bridgehead atoms. The van der Waals surface area contributed by atoms with Gasteiger partial charge >= 0.3 is 23.9 Å². The topological polar surface area (TPSA) is 116 Å². The van der Waals surface area contributed by atoms with E-state index in [9.17, 15) is 19.2 Å². The lowest BCUT2D eigenvalue weighted by molar-refractivity contribution is -0.153. The van der Waals surface area contributed by atoms with Crippen molar-refractivity contribution in [3.63, 3.8) is 0 Å². The lowest BCUT2D eigenvalue weighted by atomic mass is 9.82. The van der Waals surface area contributed by atoms with E-state index in [2.05, 4.69) is 0 Å². The van der Waals surface area contributed by atoms with E-state index in [1.165, 1.54) is 21.3 Å². The molecule has 8 nitrogen and oxygen atoms in total. The van der Waals surface area contributed by atoms with Crippen LogP contribution in [0.15, 0.2) is 0 Å². The maximum atomic E-state index is 11.7. The van der Waals surface area contributed by atoms with Gasteiger partial charge in [0, 0.05) is 0 Å². The quantitative estimate of drug-likeness (QED) is 0.555. The molecule has 4 fully saturated rings. The van der Waals surface area contributed by atoms with Crippen molar-refractivity contribution in [2.45, 2.75) is 64.2 Å². The first kappa shape index (κ1) is 21.6. The van der Waals surface area contributed by atoms with Gasteiger partial charge in [-0.3, -0.25) is 19.2 Å². The van der Waals surface area contributed by atoms with Crippen molar-refractivity contribution in [3.05, 3.63) is 0 Å². The van der Waals surface area contributed by atoms with Crippen molar-refractivity contribution in [2.75, 3.05) is 21.3 Å². The number of hydrogen-bond acceptors (Lipinski definition) is 7. The monoisotopic (exact) mass is 410 g/mol. The fraction of sp³-hybridized carbons (Fsp3) is 0.810. The van der Waals surface area contributed by atoms with Crippen molar-refractivity contribution in [2.24, 2.45) is 21.7 Å². The predicted octanol–water partition coefficient (Wildman–Crippen LogP) is 2.48. The number of carboxylic acid groups (broad SMARTS) is 1. The van der Waals surface area contributed by atoms with Gasteiger partial charge in [0.05, 0.1) is 43.0 Å². The third-order valence-corrected chi connectivity index (χ3v) is 7.99. The second kappa shape index (κ2) is 7.29. The Morgan fingerprint density at radius 1 is 0.552 bits per heavy atom. The third-order valence-electron chi connectivity index (χ3n) is 7.99. The van der Waals surface area contributed by atoms with Crippen LogP contribution >= 0.6 is 0 Å². The van der Waals surface area contributed by atoms with Gasteiger partial charge in [0.15, 0.2) is 0 Å². The molecular weight excluding hydrogens is 380 g/mol. The number of methoxy groups -OCH3 is 3. The van der Waals surface area contributed by atoms with Crippen LogP contribution in [0.2, 0.25) is 0 Å². The molecule has 4 aliphatic carbocycles. The van der Waals surface area contributed by atoms with Gasteiger partial charge in [0.1, 0.15) is 0 Å². The van der Waals surface area contributed by atoms with E-state index in [0.29, 0.717) is 38.5 Å². The molecule has 0 atom stereocenters. The van der Waals surface area contributed by atoms with Gasteiger partial charge in [-0.15, -0.1) is 0 Å². The molecule has 0 aromatic heterocycles. The number of aliphatic carboxylic acids is 1. The van der Waals surface area contributed by atoms with Crippen molar-refractivity contribution in [1.82, 2.24) is 0 Å². The lowest BCUT2D eigenvalue weighted by Crippen LogP contribution is -2.27. The third kappa shape index (κ3) is 3.20. The molecule has 0 aliphatic heterocycles. The normalized spacial score (nSPS) is 38.7. The number of esters is 3. The molecular formula is C21H30O8. The van der Waals surface area contributed by atoms with Crippen LogP contribution in [0.1, 0.15) is 64.2 Å². The summed E-state index contributed by atoms with van der Waals surface area (Å²) in [5, 5.41) is 9.11. The van der Waals surface area contributed by atoms with Gasteiger partial charge in [0.25, 0.3) is 0 Å². The van der Waals surface area contributed by atoms with Crippen LogP contribution in [0.4, 0.5) is 0 Å². The summed E-state index contributed by atoms with van der Waals surface area (Å²) in [6, 6.07) is 0. The summed E-state index contributed by atoms with van der Waals surface area (Å²) in [4.78, 5) is 46.0. The molecule has 4 saturated carbocycles. The molecule has 0 aromatic rings. The largest absolute Gasteiger partial charge is 0.481 e. The lowest BCUT2D eigenvalue weighted by Gasteiger charge is -2.24. The molecule has 0 unspecified atom stereocenters. The molecule has 162 valence electrons. The minimum atomic E-state index is -0.749. The predicted molar refractivity (Wildman–Crippen MR) is 99.6 cm³/mol. The highest BCUT2D eigenvalue weighted by atomic mass is 16.5. The van der Waals surface area contributed by atoms with Crippen LogP contribution in [0.3, 0.4) is 0 Å². The highest BCUT2D eigenvalue weighted by molar-refractivity contribution is 5.84. The zero-order valence-corrected chi connectivity index (χ0v) is 17.4. The van der Waals surface area contributed by atoms with E-state index in [1.807, 2.05) is 0 Å². The number of ether oxygens (including phenoxy) is 3. The average molecular weight is 410 g/mol. The molecule has 0 saturated heterocycles. The smallest absolute Gasteiger partial charge is 0.311 e. The fourth-order valence-electron chi connectivity index (χ4n) is 6.18. The average Bonchev–Trinajstić information content (AvgIpc) is 3.51. The molecule has 0 heterocycles. The Morgan fingerprint density at radius 2 is 0.793 bits per heavy atom. The number of carbonyl (C=O) groups excluding carboxylic acids is 3. The minimum Gasteiger partial charge on any atom is -0.481 e. The highest BCUT2D eigenvalue weighted by Crippen LogP contribution is 2.63. The molecule has 0 aromatic carbocycles. The first-order chi connectivity index (χ1) is 13.6. The van der Waals surface area contributed by atoms with E-state index in [0.717, 1.165) is 25.7 Å². The van der Waals surface area contributed by atoms with Crippen LogP contribution in [-0.2, 0) is 33.4 Å². The van der Waals surface area contributed by atoms with Crippen molar-refractivity contribution < 1.29 is 38.5 Å². The molecule has 0 amide bonds. The first-order valence-electron chi connectivity index (χ1n) is 10.1. The zero-order chi connectivity index (χ0) is 21.5. The Labute approximate surface area is 170 Å². The molecule has 4 rings (SSSR count). The molecule has 29 heavy (non-hydrogen) atoms. The summed E-state index contributed by atoms with van der Waals surface area (Å²) >= 11 is 0. The summed E-state index contributed by atoms with van der Waals surface area (Å²) in [6.45, 7) is 0. The number of fused-ring (bicyclic) bond motifs is 4. The number of carbonyl (C=O) groups is 4. The van der Waals surface area contributed by atoms with E-state index < -0.39 is 27.6 Å². The maximum absolute atomic E-state index is 11.7. The highest BCUT2D eigenvalue weighted by Gasteiger charge is 2.63. The van der Waals surface area contributed by atoms with Gasteiger partial charge in [-0.25, -0.2) is 0 Å². The minimum absolute atomic E-state index is 0.161. The number of carboxylic acids is 1. The zero-order valence-electron chi connectivity index (χ0n) is 17.4. The molecule has 1 N–H and O–H groups in total. The molecule has 0 radical (unpaired) electrons. The van der Waals surface area contributed by atoms with Crippen LogP contribution in [0, 0.1) is 21.7 Å². The SMILES string of the molecule is COC(=O)C12CCC(C(=O)O)(CC1)C2.COC(=O)C12CCC(C(=O)OC)(CC1)C2. The summed E-state index contributed by atoms with van der Waals surface area (Å²) in [6.07, 6.45) is 6.71. The van der Waals surface area contributed by atoms with Gasteiger partial charge < -0.3 is 19.3 Å². The second-order valence-electron chi connectivity index (χ2n) is 9.25.